The van der Waals surface area contributed by atoms with E-state index in [0.717, 1.165) is 0 Å². The summed E-state index contributed by atoms with van der Waals surface area (Å²) in [5, 5.41) is 0. The monoisotopic (exact) mass is 462 g/mol. The molecule has 5 heteroatoms. The van der Waals surface area contributed by atoms with Gasteiger partial charge in [0.05, 0.1) is 0 Å². The number of carbonyl (C=O) groups is 1. The second-order valence-corrected chi connectivity index (χ2v) is 8.28. The fourth-order valence-corrected chi connectivity index (χ4v) is 4.17. The Balaban J connectivity index is 1.76. The minimum absolute atomic E-state index is 0.220. The first-order chi connectivity index (χ1) is 16.4. The summed E-state index contributed by atoms with van der Waals surface area (Å²) in [6.07, 6.45) is 0.440. The zero-order valence-electron chi connectivity index (χ0n) is 18.2. The van der Waals surface area contributed by atoms with Crippen LogP contribution in [0.4, 0.5) is 17.6 Å². The van der Waals surface area contributed by atoms with Gasteiger partial charge < -0.3 is 0 Å². The summed E-state index contributed by atoms with van der Waals surface area (Å²) in [5.74, 6) is -3.49. The predicted molar refractivity (Wildman–Crippen MR) is 123 cm³/mol. The van der Waals surface area contributed by atoms with Gasteiger partial charge in [0.25, 0.3) is 0 Å². The zero-order valence-corrected chi connectivity index (χ0v) is 18.2. The van der Waals surface area contributed by atoms with E-state index in [1.807, 2.05) is 0 Å². The van der Waals surface area contributed by atoms with Crippen molar-refractivity contribution in [3.05, 3.63) is 143 Å². The summed E-state index contributed by atoms with van der Waals surface area (Å²) < 4.78 is 55.1. The van der Waals surface area contributed by atoms with Gasteiger partial charge in [-0.05, 0) is 83.6 Å². The first kappa shape index (κ1) is 23.4. The highest BCUT2D eigenvalue weighted by atomic mass is 19.1. The van der Waals surface area contributed by atoms with Gasteiger partial charge in [0.2, 0.25) is 0 Å². The van der Waals surface area contributed by atoms with Crippen LogP contribution in [0.5, 0.6) is 0 Å². The van der Waals surface area contributed by atoms with E-state index < -0.39 is 35.1 Å². The molecular formula is C29H22F4O. The number of hydrogen-bond donors (Lipinski definition) is 0. The highest BCUT2D eigenvalue weighted by Gasteiger charge is 2.30. The summed E-state index contributed by atoms with van der Waals surface area (Å²) in [7, 11) is 0. The highest BCUT2D eigenvalue weighted by molar-refractivity contribution is 5.92. The largest absolute Gasteiger partial charge is 0.298 e. The number of benzene rings is 4. The van der Waals surface area contributed by atoms with Gasteiger partial charge in [0, 0.05) is 11.8 Å². The second kappa shape index (κ2) is 10.5. The van der Waals surface area contributed by atoms with Crippen molar-refractivity contribution in [2.75, 3.05) is 0 Å². The molecule has 0 amide bonds. The Bertz CT molecular complexity index is 1170. The van der Waals surface area contributed by atoms with Crippen molar-refractivity contribution in [3.8, 4) is 0 Å². The molecule has 0 aliphatic rings. The average molecular weight is 462 g/mol. The Labute approximate surface area is 195 Å². The molecule has 4 aromatic carbocycles. The van der Waals surface area contributed by atoms with Crippen molar-refractivity contribution >= 4 is 5.78 Å². The predicted octanol–water partition coefficient (Wildman–Crippen LogP) is 7.16. The third kappa shape index (κ3) is 5.79. The van der Waals surface area contributed by atoms with Crippen LogP contribution in [0.2, 0.25) is 0 Å². The smallest absolute Gasteiger partial charge is 0.148 e. The maximum Gasteiger partial charge on any atom is 0.148 e. The number of carbonyl (C=O) groups excluding carboxylic acids is 1. The lowest BCUT2D eigenvalue weighted by molar-refractivity contribution is -0.122. The molecule has 0 aromatic heterocycles. The summed E-state index contributed by atoms with van der Waals surface area (Å²) in [6.45, 7) is 0. The van der Waals surface area contributed by atoms with Crippen molar-refractivity contribution in [3.63, 3.8) is 0 Å². The lowest BCUT2D eigenvalue weighted by Crippen LogP contribution is -2.24. The van der Waals surface area contributed by atoms with E-state index in [2.05, 4.69) is 0 Å². The number of Topliss-reactive ketones (excluding diaryl/α,β-unsaturated/α-hetero) is 1. The Morgan fingerprint density at radius 3 is 1.26 bits per heavy atom. The Kier molecular flexibility index (Phi) is 7.21. The van der Waals surface area contributed by atoms with Crippen LogP contribution in [-0.4, -0.2) is 5.78 Å². The molecule has 4 aromatic rings. The van der Waals surface area contributed by atoms with Crippen LogP contribution in [0, 0.1) is 23.3 Å². The van der Waals surface area contributed by atoms with Gasteiger partial charge in [-0.25, -0.2) is 17.6 Å². The third-order valence-corrected chi connectivity index (χ3v) is 5.90. The molecule has 0 saturated carbocycles. The number of halogens is 4. The molecule has 0 aliphatic heterocycles. The first-order valence-corrected chi connectivity index (χ1v) is 10.9. The van der Waals surface area contributed by atoms with Crippen LogP contribution >= 0.6 is 0 Å². The summed E-state index contributed by atoms with van der Waals surface area (Å²) in [4.78, 5) is 14.0. The summed E-state index contributed by atoms with van der Waals surface area (Å²) >= 11 is 0. The van der Waals surface area contributed by atoms with Gasteiger partial charge in [-0.2, -0.15) is 0 Å². The van der Waals surface area contributed by atoms with E-state index in [9.17, 15) is 22.4 Å². The first-order valence-electron chi connectivity index (χ1n) is 10.9. The molecule has 1 nitrogen and oxygen atoms in total. The van der Waals surface area contributed by atoms with E-state index in [1.165, 1.54) is 60.7 Å². The van der Waals surface area contributed by atoms with Crippen molar-refractivity contribution < 1.29 is 22.4 Å². The molecule has 0 bridgehead atoms. The maximum atomic E-state index is 14.1. The van der Waals surface area contributed by atoms with E-state index >= 15 is 0 Å². The number of rotatable bonds is 8. The maximum absolute atomic E-state index is 14.1. The molecule has 0 radical (unpaired) electrons. The Morgan fingerprint density at radius 1 is 0.529 bits per heavy atom. The van der Waals surface area contributed by atoms with Gasteiger partial charge in [-0.3, -0.25) is 4.79 Å². The van der Waals surface area contributed by atoms with Crippen LogP contribution in [0.1, 0.15) is 34.1 Å². The van der Waals surface area contributed by atoms with E-state index in [0.29, 0.717) is 22.3 Å². The van der Waals surface area contributed by atoms with Crippen molar-refractivity contribution in [2.45, 2.75) is 24.7 Å². The van der Waals surface area contributed by atoms with Crippen molar-refractivity contribution in [2.24, 2.45) is 0 Å². The normalized spacial score (nSPS) is 12.8. The van der Waals surface area contributed by atoms with Gasteiger partial charge >= 0.3 is 0 Å². The SMILES string of the molecule is O=C(C(Cc1ccc(F)cc1)c1cccc(F)c1)C(Cc1ccc(F)cc1)c1cccc(F)c1. The lowest BCUT2D eigenvalue weighted by Gasteiger charge is -2.24. The average Bonchev–Trinajstić information content (AvgIpc) is 2.83. The topological polar surface area (TPSA) is 17.1 Å². The number of hydrogen-bond acceptors (Lipinski definition) is 1. The van der Waals surface area contributed by atoms with Gasteiger partial charge in [-0.1, -0.05) is 48.5 Å². The standard InChI is InChI=1S/C29H22F4O/c30-23-11-7-19(8-12-23)15-27(21-3-1-5-25(32)17-21)29(34)28(22-4-2-6-26(33)18-22)16-20-9-13-24(31)14-10-20/h1-14,17-18,27-28H,15-16H2. The fourth-order valence-electron chi connectivity index (χ4n) is 4.17. The molecule has 4 rings (SSSR count). The van der Waals surface area contributed by atoms with E-state index in [-0.39, 0.29) is 18.6 Å². The van der Waals surface area contributed by atoms with Crippen LogP contribution < -0.4 is 0 Å². The highest BCUT2D eigenvalue weighted by Crippen LogP contribution is 2.33. The molecule has 0 aliphatic carbocycles. The molecule has 34 heavy (non-hydrogen) atoms. The third-order valence-electron chi connectivity index (χ3n) is 5.90. The van der Waals surface area contributed by atoms with E-state index in [4.69, 9.17) is 0 Å². The van der Waals surface area contributed by atoms with Gasteiger partial charge in [0.15, 0.2) is 0 Å². The Hall–Kier alpha value is -3.73. The van der Waals surface area contributed by atoms with Gasteiger partial charge in [-0.15, -0.1) is 0 Å². The minimum Gasteiger partial charge on any atom is -0.298 e. The molecule has 2 atom stereocenters. The summed E-state index contributed by atoms with van der Waals surface area (Å²) in [5.41, 5.74) is 2.39. The molecular weight excluding hydrogens is 440 g/mol. The minimum atomic E-state index is -0.755. The summed E-state index contributed by atoms with van der Waals surface area (Å²) in [6, 6.07) is 23.2. The van der Waals surface area contributed by atoms with E-state index in [1.54, 1.807) is 36.4 Å². The quantitative estimate of drug-likeness (QED) is 0.254. The fraction of sp³-hybridized carbons (Fsp3) is 0.138. The molecule has 0 spiro atoms. The van der Waals surface area contributed by atoms with Crippen LogP contribution in [0.15, 0.2) is 97.1 Å². The van der Waals surface area contributed by atoms with Crippen LogP contribution in [-0.2, 0) is 17.6 Å². The lowest BCUT2D eigenvalue weighted by atomic mass is 9.78. The van der Waals surface area contributed by atoms with Crippen molar-refractivity contribution in [1.82, 2.24) is 0 Å². The Morgan fingerprint density at radius 2 is 0.912 bits per heavy atom. The van der Waals surface area contributed by atoms with Crippen LogP contribution in [0.25, 0.3) is 0 Å². The molecule has 2 unspecified atom stereocenters. The van der Waals surface area contributed by atoms with Crippen molar-refractivity contribution in [1.29, 1.82) is 0 Å². The van der Waals surface area contributed by atoms with Crippen LogP contribution in [0.3, 0.4) is 0 Å². The molecule has 172 valence electrons. The van der Waals surface area contributed by atoms with Gasteiger partial charge in [0.1, 0.15) is 29.1 Å². The zero-order chi connectivity index (χ0) is 24.1. The number of ketones is 1. The second-order valence-electron chi connectivity index (χ2n) is 8.28. The molecule has 0 heterocycles. The molecule has 0 N–H and O–H groups in total. The molecule has 0 fully saturated rings. The molecule has 0 saturated heterocycles.